The molecule has 1 aromatic heterocycles. The van der Waals surface area contributed by atoms with E-state index in [1.807, 2.05) is 0 Å². The number of benzene rings is 2. The number of aromatic nitrogens is 2. The molecule has 8 nitrogen and oxygen atoms in total. The van der Waals surface area contributed by atoms with Crippen LogP contribution in [0.15, 0.2) is 53.1 Å². The number of rotatable bonds is 5. The molecule has 0 spiro atoms. The van der Waals surface area contributed by atoms with Gasteiger partial charge in [0.1, 0.15) is 0 Å². The predicted molar refractivity (Wildman–Crippen MR) is 89.2 cm³/mol. The Morgan fingerprint density at radius 2 is 1.84 bits per heavy atom. The summed E-state index contributed by atoms with van der Waals surface area (Å²) < 4.78 is 5.25. The minimum Gasteiger partial charge on any atom is -0.366 e. The minimum absolute atomic E-state index is 0.360. The van der Waals surface area contributed by atoms with Gasteiger partial charge in [-0.05, 0) is 29.8 Å². The van der Waals surface area contributed by atoms with Crippen molar-refractivity contribution in [2.75, 3.05) is 0 Å². The van der Waals surface area contributed by atoms with Crippen LogP contribution in [0.1, 0.15) is 32.2 Å². The predicted octanol–water partition coefficient (Wildman–Crippen LogP) is 1.03. The summed E-state index contributed by atoms with van der Waals surface area (Å²) in [6.45, 7) is 0. The van der Waals surface area contributed by atoms with Gasteiger partial charge in [0.2, 0.25) is 17.6 Å². The van der Waals surface area contributed by atoms with E-state index in [1.165, 1.54) is 0 Å². The topological polar surface area (TPSA) is 137 Å². The van der Waals surface area contributed by atoms with E-state index in [-0.39, 0.29) is 5.91 Å². The van der Waals surface area contributed by atoms with E-state index in [1.54, 1.807) is 48.5 Å². The van der Waals surface area contributed by atoms with E-state index in [9.17, 15) is 9.59 Å². The number of carbonyl (C=O) groups is 2. The molecule has 1 heterocycles. The molecule has 0 unspecified atom stereocenters. The number of amides is 2. The highest BCUT2D eigenvalue weighted by Crippen LogP contribution is 2.18. The van der Waals surface area contributed by atoms with E-state index in [4.69, 9.17) is 16.1 Å². The first-order chi connectivity index (χ1) is 12.1. The van der Waals surface area contributed by atoms with Crippen molar-refractivity contribution in [2.45, 2.75) is 6.42 Å². The van der Waals surface area contributed by atoms with Gasteiger partial charge >= 0.3 is 0 Å². The lowest BCUT2D eigenvalue weighted by atomic mass is 10.1. The summed E-state index contributed by atoms with van der Waals surface area (Å²) in [5.41, 5.74) is 9.71. The second-order valence-corrected chi connectivity index (χ2v) is 5.30. The van der Waals surface area contributed by atoms with Gasteiger partial charge in [0.15, 0.2) is 0 Å². The molecule has 0 fully saturated rings. The van der Waals surface area contributed by atoms with Gasteiger partial charge in [-0.3, -0.25) is 15.0 Å². The highest BCUT2D eigenvalue weighted by atomic mass is 16.5. The Balaban J connectivity index is 1.77. The molecule has 0 atom stereocenters. The van der Waals surface area contributed by atoms with E-state index in [0.717, 1.165) is 5.56 Å². The van der Waals surface area contributed by atoms with Crippen LogP contribution in [0, 0.1) is 0 Å². The molecule has 8 heteroatoms. The maximum atomic E-state index is 11.4. The van der Waals surface area contributed by atoms with Gasteiger partial charge in [-0.1, -0.05) is 29.4 Å². The lowest BCUT2D eigenvalue weighted by Gasteiger charge is -2.01. The van der Waals surface area contributed by atoms with E-state index >= 15 is 0 Å². The molecule has 2 aromatic carbocycles. The fourth-order valence-electron chi connectivity index (χ4n) is 2.29. The maximum Gasteiger partial charge on any atom is 0.265 e. The summed E-state index contributed by atoms with van der Waals surface area (Å²) in [5.74, 6) is 4.99. The Bertz CT molecular complexity index is 918. The van der Waals surface area contributed by atoms with Crippen LogP contribution >= 0.6 is 0 Å². The quantitative estimate of drug-likeness (QED) is 0.361. The van der Waals surface area contributed by atoms with E-state index < -0.39 is 5.91 Å². The summed E-state index contributed by atoms with van der Waals surface area (Å²) >= 11 is 0. The third-order valence-corrected chi connectivity index (χ3v) is 3.58. The third kappa shape index (κ3) is 3.70. The molecular weight excluding hydrogens is 322 g/mol. The van der Waals surface area contributed by atoms with Gasteiger partial charge in [-0.2, -0.15) is 4.98 Å². The van der Waals surface area contributed by atoms with Crippen LogP contribution in [0.25, 0.3) is 11.4 Å². The van der Waals surface area contributed by atoms with Crippen LogP contribution in [0.3, 0.4) is 0 Å². The normalized spacial score (nSPS) is 10.4. The Morgan fingerprint density at radius 1 is 1.08 bits per heavy atom. The van der Waals surface area contributed by atoms with Crippen LogP contribution in [0.2, 0.25) is 0 Å². The first kappa shape index (κ1) is 16.3. The maximum absolute atomic E-state index is 11.4. The third-order valence-electron chi connectivity index (χ3n) is 3.58. The number of nitrogens with zero attached hydrogens (tertiary/aromatic N) is 2. The van der Waals surface area contributed by atoms with Crippen LogP contribution in [0.5, 0.6) is 0 Å². The summed E-state index contributed by atoms with van der Waals surface area (Å²) in [4.78, 5) is 27.0. The van der Waals surface area contributed by atoms with Crippen molar-refractivity contribution in [1.29, 1.82) is 0 Å². The standard InChI is InChI=1S/C17H15N5O3/c18-15(23)12-2-1-3-13(9-12)16-20-14(25-22-16)8-10-4-6-11(7-5-10)17(24)21-19/h1-7,9H,8,19H2,(H2,18,23)(H,21,24). The zero-order chi connectivity index (χ0) is 17.8. The Hall–Kier alpha value is -3.52. The zero-order valence-corrected chi connectivity index (χ0v) is 13.1. The molecule has 0 bridgehead atoms. The number of nitrogens with two attached hydrogens (primary N) is 2. The summed E-state index contributed by atoms with van der Waals surface area (Å²) in [5, 5.41) is 3.92. The van der Waals surface area contributed by atoms with Crippen LogP contribution in [0.4, 0.5) is 0 Å². The number of nitrogen functional groups attached to an aromatic ring is 1. The Kier molecular flexibility index (Phi) is 4.53. The molecule has 3 rings (SSSR count). The fourth-order valence-corrected chi connectivity index (χ4v) is 2.29. The SMILES string of the molecule is NNC(=O)c1ccc(Cc2nc(-c3cccc(C(N)=O)c3)no2)cc1. The van der Waals surface area contributed by atoms with Crippen LogP contribution in [-0.4, -0.2) is 22.0 Å². The molecule has 126 valence electrons. The Morgan fingerprint density at radius 3 is 2.52 bits per heavy atom. The first-order valence-corrected chi connectivity index (χ1v) is 7.39. The molecule has 0 saturated carbocycles. The van der Waals surface area contributed by atoms with Gasteiger partial charge in [0.05, 0.1) is 6.42 Å². The molecule has 0 aliphatic heterocycles. The van der Waals surface area contributed by atoms with Crippen LogP contribution < -0.4 is 17.0 Å². The number of hydrogen-bond acceptors (Lipinski definition) is 6. The molecular formula is C17H15N5O3. The van der Waals surface area contributed by atoms with Gasteiger partial charge in [-0.25, -0.2) is 5.84 Å². The highest BCUT2D eigenvalue weighted by molar-refractivity contribution is 5.94. The van der Waals surface area contributed by atoms with Gasteiger partial charge < -0.3 is 10.3 Å². The zero-order valence-electron chi connectivity index (χ0n) is 13.1. The molecule has 0 radical (unpaired) electrons. The monoisotopic (exact) mass is 337 g/mol. The van der Waals surface area contributed by atoms with Crippen molar-refractivity contribution in [3.63, 3.8) is 0 Å². The molecule has 25 heavy (non-hydrogen) atoms. The lowest BCUT2D eigenvalue weighted by molar-refractivity contribution is 0.0952. The average Bonchev–Trinajstić information content (AvgIpc) is 3.10. The molecule has 0 aliphatic rings. The van der Waals surface area contributed by atoms with E-state index in [2.05, 4.69) is 15.6 Å². The average molecular weight is 337 g/mol. The highest BCUT2D eigenvalue weighted by Gasteiger charge is 2.11. The molecule has 2 amide bonds. The first-order valence-electron chi connectivity index (χ1n) is 7.39. The second kappa shape index (κ2) is 6.93. The molecule has 0 saturated heterocycles. The molecule has 3 aromatic rings. The molecule has 0 aliphatic carbocycles. The summed E-state index contributed by atoms with van der Waals surface area (Å²) in [6.07, 6.45) is 0.410. The van der Waals surface area contributed by atoms with Crippen molar-refractivity contribution in [3.05, 3.63) is 71.1 Å². The van der Waals surface area contributed by atoms with Crippen LogP contribution in [-0.2, 0) is 6.42 Å². The minimum atomic E-state index is -0.521. The summed E-state index contributed by atoms with van der Waals surface area (Å²) in [6, 6.07) is 13.6. The number of primary amides is 1. The van der Waals surface area contributed by atoms with Crippen molar-refractivity contribution in [1.82, 2.24) is 15.6 Å². The fraction of sp³-hybridized carbons (Fsp3) is 0.0588. The number of hydrazine groups is 1. The number of nitrogens with one attached hydrogen (secondary N) is 1. The summed E-state index contributed by atoms with van der Waals surface area (Å²) in [7, 11) is 0. The van der Waals surface area contributed by atoms with Gasteiger partial charge in [-0.15, -0.1) is 0 Å². The van der Waals surface area contributed by atoms with Gasteiger partial charge in [0.25, 0.3) is 5.91 Å². The lowest BCUT2D eigenvalue weighted by Crippen LogP contribution is -2.29. The van der Waals surface area contributed by atoms with Crippen molar-refractivity contribution in [2.24, 2.45) is 11.6 Å². The Labute approximate surface area is 142 Å². The van der Waals surface area contributed by atoms with Crippen molar-refractivity contribution < 1.29 is 14.1 Å². The number of hydrogen-bond donors (Lipinski definition) is 3. The largest absolute Gasteiger partial charge is 0.366 e. The van der Waals surface area contributed by atoms with Crippen molar-refractivity contribution >= 4 is 11.8 Å². The molecule has 5 N–H and O–H groups in total. The van der Waals surface area contributed by atoms with Gasteiger partial charge in [0, 0.05) is 16.7 Å². The number of carbonyl (C=O) groups excluding carboxylic acids is 2. The van der Waals surface area contributed by atoms with Crippen molar-refractivity contribution in [3.8, 4) is 11.4 Å². The smallest absolute Gasteiger partial charge is 0.265 e. The second-order valence-electron chi connectivity index (χ2n) is 5.30. The van der Waals surface area contributed by atoms with E-state index in [0.29, 0.717) is 34.8 Å².